The lowest BCUT2D eigenvalue weighted by atomic mass is 9.39. The summed E-state index contributed by atoms with van der Waals surface area (Å²) in [5, 5.41) is 27.6. The Labute approximate surface area is 290 Å². The molecule has 10 rings (SSSR count). The van der Waals surface area contributed by atoms with Gasteiger partial charge in [-0.25, -0.2) is 4.98 Å². The van der Waals surface area contributed by atoms with Crippen molar-refractivity contribution < 1.29 is 19.7 Å². The molecule has 4 N–H and O–H groups in total. The lowest BCUT2D eigenvalue weighted by molar-refractivity contribution is -0.179. The highest BCUT2D eigenvalue weighted by Gasteiger charge is 2.67. The van der Waals surface area contributed by atoms with Gasteiger partial charge in [0, 0.05) is 77.0 Å². The zero-order chi connectivity index (χ0) is 33.3. The standard InChI is InChI=1S/C38H40Cl2N4O4/c1-47-30-12-23(6-7-24(30)13-42-37-15-35(16-37,17-37)21-45)33-32(40)27(10-11-41-33)26-4-3-5-28(31(26)39)29-9-8-25(34(44-29)48-2)14-43-38-18-36(19-38,20-38)22-46/h3-12,42-43,45-46H,13-22H2,1-2H3. The molecule has 0 spiro atoms. The molecule has 10 heteroatoms. The van der Waals surface area contributed by atoms with E-state index in [1.807, 2.05) is 48.5 Å². The number of aliphatic hydroxyl groups is 2. The maximum absolute atomic E-state index is 9.60. The van der Waals surface area contributed by atoms with E-state index in [2.05, 4.69) is 21.7 Å². The lowest BCUT2D eigenvalue weighted by Crippen LogP contribution is -2.74. The Balaban J connectivity index is 1.02. The van der Waals surface area contributed by atoms with Crippen molar-refractivity contribution in [3.05, 3.63) is 82.0 Å². The Kier molecular flexibility index (Phi) is 7.79. The average Bonchev–Trinajstić information content (AvgIpc) is 3.03. The van der Waals surface area contributed by atoms with Crippen LogP contribution in [0.2, 0.25) is 10.0 Å². The first-order chi connectivity index (χ1) is 23.2. The van der Waals surface area contributed by atoms with Gasteiger partial charge in [0.05, 0.1) is 35.7 Å². The Morgan fingerprint density at radius 2 is 1.33 bits per heavy atom. The van der Waals surface area contributed by atoms with E-state index in [1.54, 1.807) is 20.4 Å². The fourth-order valence-electron chi connectivity index (χ4n) is 9.03. The quantitative estimate of drug-likeness (QED) is 0.122. The second kappa shape index (κ2) is 11.7. The van der Waals surface area contributed by atoms with Gasteiger partial charge >= 0.3 is 0 Å². The van der Waals surface area contributed by atoms with Crippen molar-refractivity contribution >= 4 is 23.2 Å². The number of rotatable bonds is 13. The molecule has 2 aromatic carbocycles. The van der Waals surface area contributed by atoms with E-state index in [4.69, 9.17) is 37.7 Å². The molecule has 6 fully saturated rings. The Hall–Kier alpha value is -3.24. The summed E-state index contributed by atoms with van der Waals surface area (Å²) in [6.07, 6.45) is 7.93. The Morgan fingerprint density at radius 1 is 0.729 bits per heavy atom. The molecule has 0 amide bonds. The number of halogens is 2. The van der Waals surface area contributed by atoms with E-state index >= 15 is 0 Å². The molecule has 8 nitrogen and oxygen atoms in total. The molecule has 250 valence electrons. The second-order valence-electron chi connectivity index (χ2n) is 14.7. The minimum absolute atomic E-state index is 0.137. The fraction of sp³-hybridized carbons (Fsp3) is 0.421. The largest absolute Gasteiger partial charge is 0.496 e. The number of benzene rings is 2. The van der Waals surface area contributed by atoms with E-state index in [0.29, 0.717) is 40.4 Å². The summed E-state index contributed by atoms with van der Waals surface area (Å²) in [4.78, 5) is 9.50. The van der Waals surface area contributed by atoms with Crippen LogP contribution < -0.4 is 20.1 Å². The molecule has 2 heterocycles. The van der Waals surface area contributed by atoms with Gasteiger partial charge < -0.3 is 30.3 Å². The van der Waals surface area contributed by atoms with E-state index in [1.165, 1.54) is 0 Å². The van der Waals surface area contributed by atoms with E-state index in [9.17, 15) is 10.2 Å². The highest BCUT2D eigenvalue weighted by Crippen LogP contribution is 2.67. The van der Waals surface area contributed by atoms with Gasteiger partial charge in [-0.05, 0) is 67.6 Å². The summed E-state index contributed by atoms with van der Waals surface area (Å²) in [7, 11) is 3.31. The van der Waals surface area contributed by atoms with Gasteiger partial charge in [0.1, 0.15) is 5.75 Å². The highest BCUT2D eigenvalue weighted by atomic mass is 35.5. The van der Waals surface area contributed by atoms with Crippen molar-refractivity contribution in [2.24, 2.45) is 10.8 Å². The minimum atomic E-state index is 0.137. The van der Waals surface area contributed by atoms with Crippen LogP contribution in [0.1, 0.15) is 49.7 Å². The van der Waals surface area contributed by atoms with Gasteiger partial charge in [-0.3, -0.25) is 4.98 Å². The van der Waals surface area contributed by atoms with Crippen LogP contribution in [0.5, 0.6) is 11.6 Å². The predicted molar refractivity (Wildman–Crippen MR) is 187 cm³/mol. The molecule has 6 saturated carbocycles. The van der Waals surface area contributed by atoms with Gasteiger partial charge in [-0.15, -0.1) is 0 Å². The smallest absolute Gasteiger partial charge is 0.218 e. The van der Waals surface area contributed by atoms with Crippen molar-refractivity contribution in [3.63, 3.8) is 0 Å². The molecule has 0 atom stereocenters. The van der Waals surface area contributed by atoms with Crippen molar-refractivity contribution in [1.82, 2.24) is 20.6 Å². The van der Waals surface area contributed by atoms with Crippen molar-refractivity contribution in [2.75, 3.05) is 27.4 Å². The third-order valence-corrected chi connectivity index (χ3v) is 12.2. The molecular formula is C38H40Cl2N4O4. The highest BCUT2D eigenvalue weighted by molar-refractivity contribution is 6.39. The summed E-state index contributed by atoms with van der Waals surface area (Å²) >= 11 is 14.2. The number of nitrogens with zero attached hydrogens (tertiary/aromatic N) is 2. The Bertz CT molecular complexity index is 1740. The predicted octanol–water partition coefficient (Wildman–Crippen LogP) is 6.81. The molecule has 0 aliphatic heterocycles. The number of pyridine rings is 2. The zero-order valence-electron chi connectivity index (χ0n) is 27.2. The molecule has 0 saturated heterocycles. The van der Waals surface area contributed by atoms with Gasteiger partial charge in [-0.2, -0.15) is 0 Å². The third kappa shape index (κ3) is 5.11. The zero-order valence-corrected chi connectivity index (χ0v) is 28.7. The van der Waals surface area contributed by atoms with Crippen LogP contribution >= 0.6 is 23.2 Å². The summed E-state index contributed by atoms with van der Waals surface area (Å²) in [5.74, 6) is 1.32. The number of aliphatic hydroxyl groups excluding tert-OH is 2. The van der Waals surface area contributed by atoms with Gasteiger partial charge in [0.25, 0.3) is 0 Å². The maximum atomic E-state index is 9.60. The first kappa shape index (κ1) is 32.0. The minimum Gasteiger partial charge on any atom is -0.496 e. The average molecular weight is 688 g/mol. The van der Waals surface area contributed by atoms with E-state index in [0.717, 1.165) is 77.7 Å². The molecule has 0 radical (unpaired) electrons. The van der Waals surface area contributed by atoms with Crippen molar-refractivity contribution in [1.29, 1.82) is 0 Å². The molecule has 4 aromatic rings. The van der Waals surface area contributed by atoms with Gasteiger partial charge in [0.2, 0.25) is 5.88 Å². The number of hydrogen-bond donors (Lipinski definition) is 4. The Morgan fingerprint density at radius 3 is 1.96 bits per heavy atom. The van der Waals surface area contributed by atoms with E-state index < -0.39 is 0 Å². The van der Waals surface area contributed by atoms with Crippen LogP contribution in [0.25, 0.3) is 33.6 Å². The fourth-order valence-corrected chi connectivity index (χ4v) is 9.68. The van der Waals surface area contributed by atoms with Crippen LogP contribution in [0.3, 0.4) is 0 Å². The molecular weight excluding hydrogens is 647 g/mol. The van der Waals surface area contributed by atoms with Gasteiger partial charge in [-0.1, -0.05) is 59.6 Å². The third-order valence-electron chi connectivity index (χ3n) is 11.4. The molecule has 2 aromatic heterocycles. The molecule has 4 bridgehead atoms. The number of nitrogens with one attached hydrogen (secondary N) is 2. The van der Waals surface area contributed by atoms with Crippen LogP contribution in [0.4, 0.5) is 0 Å². The molecule has 6 aliphatic carbocycles. The van der Waals surface area contributed by atoms with Crippen molar-refractivity contribution in [3.8, 4) is 45.3 Å². The summed E-state index contributed by atoms with van der Waals surface area (Å²) in [6.45, 7) is 1.89. The first-order valence-electron chi connectivity index (χ1n) is 16.5. The second-order valence-corrected chi connectivity index (χ2v) is 15.5. The van der Waals surface area contributed by atoms with Crippen molar-refractivity contribution in [2.45, 2.75) is 62.7 Å². The van der Waals surface area contributed by atoms with Crippen LogP contribution in [-0.2, 0) is 13.1 Å². The summed E-state index contributed by atoms with van der Waals surface area (Å²) < 4.78 is 11.5. The van der Waals surface area contributed by atoms with Crippen LogP contribution in [0, 0.1) is 10.8 Å². The topological polar surface area (TPSA) is 109 Å². The van der Waals surface area contributed by atoms with E-state index in [-0.39, 0.29) is 35.1 Å². The van der Waals surface area contributed by atoms with Crippen LogP contribution in [-0.4, -0.2) is 58.7 Å². The molecule has 0 unspecified atom stereocenters. The summed E-state index contributed by atoms with van der Waals surface area (Å²) in [5.41, 5.74) is 7.15. The number of hydrogen-bond acceptors (Lipinski definition) is 8. The maximum Gasteiger partial charge on any atom is 0.218 e. The normalized spacial score (nSPS) is 27.7. The number of methoxy groups -OCH3 is 2. The lowest BCUT2D eigenvalue weighted by Gasteiger charge is -2.70. The monoisotopic (exact) mass is 686 g/mol. The number of ether oxygens (including phenoxy) is 2. The van der Waals surface area contributed by atoms with Gasteiger partial charge in [0.15, 0.2) is 0 Å². The molecule has 48 heavy (non-hydrogen) atoms. The number of aromatic nitrogens is 2. The van der Waals surface area contributed by atoms with Crippen LogP contribution in [0.15, 0.2) is 60.8 Å². The SMILES string of the molecule is COc1cc(-c2nccc(-c3cccc(-c4ccc(CNC56CC(CO)(C5)C6)c(OC)n4)c3Cl)c2Cl)ccc1CNC12CC(CO)(C1)C2. The first-order valence-corrected chi connectivity index (χ1v) is 17.3. The molecule has 6 aliphatic rings. The summed E-state index contributed by atoms with van der Waals surface area (Å²) in [6, 6.07) is 17.8.